The number of halogens is 1. The van der Waals surface area contributed by atoms with Crippen molar-refractivity contribution >= 4 is 34.5 Å². The van der Waals surface area contributed by atoms with Crippen LogP contribution in [0.2, 0.25) is 0 Å². The van der Waals surface area contributed by atoms with Crippen LogP contribution in [0.5, 0.6) is 0 Å². The zero-order chi connectivity index (χ0) is 14.0. The molecule has 1 aliphatic rings. The summed E-state index contributed by atoms with van der Waals surface area (Å²) in [6, 6.07) is 5.40. The molecule has 2 rings (SSSR count). The van der Waals surface area contributed by atoms with Crippen molar-refractivity contribution in [3.63, 3.8) is 0 Å². The Morgan fingerprint density at radius 3 is 2.63 bits per heavy atom. The third-order valence-corrected chi connectivity index (χ3v) is 4.70. The Morgan fingerprint density at radius 2 is 2.00 bits per heavy atom. The molecule has 1 aromatic carbocycles. The maximum absolute atomic E-state index is 12.2. The number of esters is 1. The van der Waals surface area contributed by atoms with Crippen LogP contribution in [0.25, 0.3) is 0 Å². The zero-order valence-electron chi connectivity index (χ0n) is 11.3. The molecule has 0 spiro atoms. The number of carbonyl (C=O) groups excluding carboxylic acids is 1. The molecule has 0 amide bonds. The van der Waals surface area contributed by atoms with Crippen LogP contribution >= 0.6 is 28.6 Å². The van der Waals surface area contributed by atoms with Crippen molar-refractivity contribution in [1.82, 2.24) is 0 Å². The van der Waals surface area contributed by atoms with E-state index in [2.05, 4.69) is 42.4 Å². The molecule has 1 saturated carbocycles. The quantitative estimate of drug-likeness (QED) is 0.613. The highest BCUT2D eigenvalue weighted by atomic mass is 79.9. The number of carbonyl (C=O) groups is 1. The van der Waals surface area contributed by atoms with Crippen LogP contribution in [0.1, 0.15) is 49.9 Å². The molecule has 0 radical (unpaired) electrons. The standard InChI is InChI=1S/C15H19BrO2S/c1-15(2)7-5-10(6-8-15)18-14(17)12-9-11(19)3-4-13(12)16/h3-4,9-10,19H,5-8H2,1-2H3. The maximum atomic E-state index is 12.2. The van der Waals surface area contributed by atoms with Gasteiger partial charge in [0.25, 0.3) is 0 Å². The molecule has 4 heteroatoms. The van der Waals surface area contributed by atoms with Crippen molar-refractivity contribution < 1.29 is 9.53 Å². The van der Waals surface area contributed by atoms with Crippen LogP contribution in [-0.2, 0) is 4.74 Å². The van der Waals surface area contributed by atoms with Crippen LogP contribution < -0.4 is 0 Å². The van der Waals surface area contributed by atoms with Gasteiger partial charge in [-0.05, 0) is 65.2 Å². The Kier molecular flexibility index (Phi) is 4.62. The maximum Gasteiger partial charge on any atom is 0.339 e. The van der Waals surface area contributed by atoms with Gasteiger partial charge in [-0.25, -0.2) is 4.79 Å². The molecule has 1 fully saturated rings. The topological polar surface area (TPSA) is 26.3 Å². The molecule has 0 bridgehead atoms. The summed E-state index contributed by atoms with van der Waals surface area (Å²) in [4.78, 5) is 12.9. The van der Waals surface area contributed by atoms with Gasteiger partial charge in [0.1, 0.15) is 6.10 Å². The molecule has 0 saturated heterocycles. The van der Waals surface area contributed by atoms with Crippen LogP contribution in [-0.4, -0.2) is 12.1 Å². The molecule has 0 heterocycles. The Bertz CT molecular complexity index is 475. The third-order valence-electron chi connectivity index (χ3n) is 3.73. The van der Waals surface area contributed by atoms with Crippen molar-refractivity contribution in [2.45, 2.75) is 50.5 Å². The Morgan fingerprint density at radius 1 is 1.37 bits per heavy atom. The van der Waals surface area contributed by atoms with Crippen molar-refractivity contribution in [3.05, 3.63) is 28.2 Å². The normalized spacial score (nSPS) is 19.2. The predicted molar refractivity (Wildman–Crippen MR) is 82.8 cm³/mol. The van der Waals surface area contributed by atoms with E-state index in [1.165, 1.54) is 0 Å². The second-order valence-corrected chi connectivity index (χ2v) is 7.30. The Hall–Kier alpha value is -0.480. The minimum Gasteiger partial charge on any atom is -0.459 e. The molecule has 2 nitrogen and oxygen atoms in total. The average Bonchev–Trinajstić information content (AvgIpc) is 2.35. The van der Waals surface area contributed by atoms with Crippen LogP contribution in [0.4, 0.5) is 0 Å². The van der Waals surface area contributed by atoms with E-state index in [0.717, 1.165) is 35.1 Å². The van der Waals surface area contributed by atoms with Gasteiger partial charge in [-0.3, -0.25) is 0 Å². The monoisotopic (exact) mass is 342 g/mol. The Balaban J connectivity index is 2.00. The van der Waals surface area contributed by atoms with Crippen molar-refractivity contribution in [2.24, 2.45) is 5.41 Å². The van der Waals surface area contributed by atoms with Gasteiger partial charge in [-0.2, -0.15) is 0 Å². The van der Waals surface area contributed by atoms with Gasteiger partial charge in [0.05, 0.1) is 5.56 Å². The van der Waals surface area contributed by atoms with Crippen molar-refractivity contribution in [2.75, 3.05) is 0 Å². The summed E-state index contributed by atoms with van der Waals surface area (Å²) in [6.45, 7) is 4.54. The molecule has 1 aromatic rings. The minimum atomic E-state index is -0.257. The summed E-state index contributed by atoms with van der Waals surface area (Å²) in [5.41, 5.74) is 0.937. The lowest BCUT2D eigenvalue weighted by Crippen LogP contribution is -2.28. The highest BCUT2D eigenvalue weighted by Crippen LogP contribution is 2.36. The largest absolute Gasteiger partial charge is 0.459 e. The van der Waals surface area contributed by atoms with Gasteiger partial charge in [-0.15, -0.1) is 12.6 Å². The summed E-state index contributed by atoms with van der Waals surface area (Å²) < 4.78 is 6.36. The second kappa shape index (κ2) is 5.88. The molecule has 0 unspecified atom stereocenters. The lowest BCUT2D eigenvalue weighted by molar-refractivity contribution is 0.00939. The number of ether oxygens (including phenoxy) is 1. The molecule has 1 aliphatic carbocycles. The molecular weight excluding hydrogens is 324 g/mol. The van der Waals surface area contributed by atoms with Crippen molar-refractivity contribution in [1.29, 1.82) is 0 Å². The number of hydrogen-bond donors (Lipinski definition) is 1. The van der Waals surface area contributed by atoms with E-state index < -0.39 is 0 Å². The lowest BCUT2D eigenvalue weighted by Gasteiger charge is -2.33. The number of benzene rings is 1. The van der Waals surface area contributed by atoms with Crippen molar-refractivity contribution in [3.8, 4) is 0 Å². The average molecular weight is 343 g/mol. The number of hydrogen-bond acceptors (Lipinski definition) is 3. The van der Waals surface area contributed by atoms with E-state index in [0.29, 0.717) is 11.0 Å². The number of rotatable bonds is 2. The highest BCUT2D eigenvalue weighted by Gasteiger charge is 2.29. The lowest BCUT2D eigenvalue weighted by atomic mass is 9.76. The van der Waals surface area contributed by atoms with Crippen LogP contribution in [0.15, 0.2) is 27.6 Å². The number of thiol groups is 1. The van der Waals surface area contributed by atoms with Crippen LogP contribution in [0, 0.1) is 5.41 Å². The minimum absolute atomic E-state index is 0.0519. The van der Waals surface area contributed by atoms with Gasteiger partial charge < -0.3 is 4.74 Å². The first kappa shape index (κ1) is 14.9. The highest BCUT2D eigenvalue weighted by molar-refractivity contribution is 9.10. The molecular formula is C15H19BrO2S. The molecule has 19 heavy (non-hydrogen) atoms. The summed E-state index contributed by atoms with van der Waals surface area (Å²) in [5.74, 6) is -0.257. The van der Waals surface area contributed by atoms with Gasteiger partial charge in [-0.1, -0.05) is 13.8 Å². The Labute approximate surface area is 128 Å². The summed E-state index contributed by atoms with van der Waals surface area (Å²) in [7, 11) is 0. The fourth-order valence-electron chi connectivity index (χ4n) is 2.38. The van der Waals surface area contributed by atoms with E-state index in [9.17, 15) is 4.79 Å². The van der Waals surface area contributed by atoms with E-state index in [-0.39, 0.29) is 12.1 Å². The molecule has 0 aromatic heterocycles. The summed E-state index contributed by atoms with van der Waals surface area (Å²) in [5, 5.41) is 0. The molecule has 0 N–H and O–H groups in total. The second-order valence-electron chi connectivity index (χ2n) is 5.93. The van der Waals surface area contributed by atoms with E-state index in [1.807, 2.05) is 12.1 Å². The molecule has 0 atom stereocenters. The van der Waals surface area contributed by atoms with Gasteiger partial charge >= 0.3 is 5.97 Å². The first-order valence-corrected chi connectivity index (χ1v) is 7.81. The smallest absolute Gasteiger partial charge is 0.339 e. The third kappa shape index (κ3) is 3.99. The van der Waals surface area contributed by atoms with Gasteiger partial charge in [0, 0.05) is 9.37 Å². The first-order valence-electron chi connectivity index (χ1n) is 6.57. The van der Waals surface area contributed by atoms with E-state index in [4.69, 9.17) is 4.74 Å². The first-order chi connectivity index (χ1) is 8.87. The van der Waals surface area contributed by atoms with Crippen LogP contribution in [0.3, 0.4) is 0 Å². The van der Waals surface area contributed by atoms with Gasteiger partial charge in [0.2, 0.25) is 0 Å². The predicted octanol–water partition coefficient (Wildman–Crippen LogP) is 4.86. The molecule has 104 valence electrons. The fraction of sp³-hybridized carbons (Fsp3) is 0.533. The van der Waals surface area contributed by atoms with E-state index >= 15 is 0 Å². The summed E-state index contributed by atoms with van der Waals surface area (Å²) in [6.07, 6.45) is 4.18. The fourth-order valence-corrected chi connectivity index (χ4v) is 2.99. The zero-order valence-corrected chi connectivity index (χ0v) is 13.8. The van der Waals surface area contributed by atoms with E-state index in [1.54, 1.807) is 6.07 Å². The SMILES string of the molecule is CC1(C)CCC(OC(=O)c2cc(S)ccc2Br)CC1. The van der Waals surface area contributed by atoms with Gasteiger partial charge in [0.15, 0.2) is 0 Å². The molecule has 0 aliphatic heterocycles. The summed E-state index contributed by atoms with van der Waals surface area (Å²) >= 11 is 7.64.